The molecule has 0 aliphatic rings. The van der Waals surface area contributed by atoms with Crippen molar-refractivity contribution in [3.05, 3.63) is 35.4 Å². The third-order valence-corrected chi connectivity index (χ3v) is 2.97. The number of benzene rings is 1. The van der Waals surface area contributed by atoms with Crippen LogP contribution in [-0.2, 0) is 15.6 Å². The van der Waals surface area contributed by atoms with Crippen molar-refractivity contribution in [2.24, 2.45) is 0 Å². The van der Waals surface area contributed by atoms with Crippen LogP contribution in [0, 0.1) is 0 Å². The second-order valence-electron chi connectivity index (χ2n) is 4.74. The van der Waals surface area contributed by atoms with Crippen LogP contribution in [0.25, 0.3) is 6.08 Å². The van der Waals surface area contributed by atoms with E-state index in [1.54, 1.807) is 32.0 Å². The smallest absolute Gasteiger partial charge is 0.229 e. The summed E-state index contributed by atoms with van der Waals surface area (Å²) in [5, 5.41) is 10.1. The lowest BCUT2D eigenvalue weighted by Gasteiger charge is -2.21. The van der Waals surface area contributed by atoms with Gasteiger partial charge in [-0.15, -0.1) is 0 Å². The Balaban J connectivity index is 3.30. The Kier molecular flexibility index (Phi) is 4.19. The van der Waals surface area contributed by atoms with Gasteiger partial charge in [0.15, 0.2) is 0 Å². The number of hydrogen-bond donors (Lipinski definition) is 2. The number of rotatable bonds is 4. The van der Waals surface area contributed by atoms with Crippen molar-refractivity contribution < 1.29 is 13.5 Å². The molecule has 0 aromatic heterocycles. The van der Waals surface area contributed by atoms with Crippen LogP contribution in [0.1, 0.15) is 31.9 Å². The van der Waals surface area contributed by atoms with Gasteiger partial charge >= 0.3 is 0 Å². The highest BCUT2D eigenvalue weighted by Gasteiger charge is 2.20. The van der Waals surface area contributed by atoms with Crippen LogP contribution < -0.4 is 4.72 Å². The van der Waals surface area contributed by atoms with E-state index in [2.05, 4.69) is 4.72 Å². The molecule has 0 radical (unpaired) electrons. The molecule has 1 aromatic rings. The highest BCUT2D eigenvalue weighted by atomic mass is 32.2. The largest absolute Gasteiger partial charge is 0.386 e. The van der Waals surface area contributed by atoms with Crippen LogP contribution in [0.5, 0.6) is 0 Å². The highest BCUT2D eigenvalue weighted by molar-refractivity contribution is 7.92. The molecule has 0 atom stereocenters. The Morgan fingerprint density at radius 2 is 1.94 bits per heavy atom. The first-order chi connectivity index (χ1) is 8.13. The molecule has 2 N–H and O–H groups in total. The molecule has 0 heterocycles. The van der Waals surface area contributed by atoms with E-state index in [-0.39, 0.29) is 0 Å². The quantitative estimate of drug-likeness (QED) is 0.881. The molecule has 0 amide bonds. The van der Waals surface area contributed by atoms with Gasteiger partial charge in [0.05, 0.1) is 11.9 Å². The molecular formula is C13H19NO3S. The maximum atomic E-state index is 11.2. The fourth-order valence-corrected chi connectivity index (χ4v) is 2.24. The summed E-state index contributed by atoms with van der Waals surface area (Å²) in [6.45, 7) is 5.22. The summed E-state index contributed by atoms with van der Waals surface area (Å²) in [6.07, 6.45) is 4.84. The second kappa shape index (κ2) is 5.12. The molecule has 0 bridgehead atoms. The zero-order chi connectivity index (χ0) is 14.0. The molecular weight excluding hydrogens is 250 g/mol. The van der Waals surface area contributed by atoms with Crippen molar-refractivity contribution in [1.82, 2.24) is 0 Å². The molecule has 18 heavy (non-hydrogen) atoms. The normalized spacial score (nSPS) is 12.9. The lowest BCUT2D eigenvalue weighted by atomic mass is 9.92. The topological polar surface area (TPSA) is 66.4 Å². The van der Waals surface area contributed by atoms with Crippen molar-refractivity contribution >= 4 is 21.8 Å². The van der Waals surface area contributed by atoms with E-state index in [9.17, 15) is 13.5 Å². The summed E-state index contributed by atoms with van der Waals surface area (Å²) in [7, 11) is -3.31. The van der Waals surface area contributed by atoms with Crippen molar-refractivity contribution in [3.63, 3.8) is 0 Å². The first-order valence-corrected chi connectivity index (χ1v) is 7.50. The zero-order valence-corrected chi connectivity index (χ0v) is 11.9. The van der Waals surface area contributed by atoms with Crippen LogP contribution in [0.3, 0.4) is 0 Å². The fraction of sp³-hybridized carbons (Fsp3) is 0.385. The van der Waals surface area contributed by atoms with Gasteiger partial charge in [-0.1, -0.05) is 18.2 Å². The first kappa shape index (κ1) is 14.7. The number of aliphatic hydroxyl groups is 1. The Morgan fingerprint density at radius 1 is 1.33 bits per heavy atom. The van der Waals surface area contributed by atoms with E-state index in [1.165, 1.54) is 0 Å². The van der Waals surface area contributed by atoms with Gasteiger partial charge in [-0.05, 0) is 44.0 Å². The lowest BCUT2D eigenvalue weighted by molar-refractivity contribution is 0.0784. The van der Waals surface area contributed by atoms with Gasteiger partial charge < -0.3 is 5.11 Å². The predicted molar refractivity (Wildman–Crippen MR) is 74.9 cm³/mol. The minimum Gasteiger partial charge on any atom is -0.386 e. The lowest BCUT2D eigenvalue weighted by Crippen LogP contribution is -2.18. The molecule has 0 spiro atoms. The van der Waals surface area contributed by atoms with Crippen LogP contribution in [0.15, 0.2) is 24.3 Å². The van der Waals surface area contributed by atoms with Crippen LogP contribution in [0.2, 0.25) is 0 Å². The van der Waals surface area contributed by atoms with Gasteiger partial charge in [0.1, 0.15) is 0 Å². The zero-order valence-electron chi connectivity index (χ0n) is 11.1. The van der Waals surface area contributed by atoms with Gasteiger partial charge in [-0.2, -0.15) is 0 Å². The summed E-state index contributed by atoms with van der Waals surface area (Å²) < 4.78 is 24.8. The maximum Gasteiger partial charge on any atom is 0.229 e. The summed E-state index contributed by atoms with van der Waals surface area (Å²) in [5.74, 6) is 0. The van der Waals surface area contributed by atoms with Gasteiger partial charge in [0, 0.05) is 5.69 Å². The van der Waals surface area contributed by atoms with Gasteiger partial charge in [0.2, 0.25) is 10.0 Å². The van der Waals surface area contributed by atoms with Crippen molar-refractivity contribution in [1.29, 1.82) is 0 Å². The number of anilines is 1. The average molecular weight is 269 g/mol. The van der Waals surface area contributed by atoms with Gasteiger partial charge in [0.25, 0.3) is 0 Å². The van der Waals surface area contributed by atoms with E-state index in [4.69, 9.17) is 0 Å². The Labute approximate surface area is 108 Å². The van der Waals surface area contributed by atoms with E-state index in [1.807, 2.05) is 19.1 Å². The summed E-state index contributed by atoms with van der Waals surface area (Å²) in [5.41, 5.74) is 0.950. The van der Waals surface area contributed by atoms with E-state index < -0.39 is 15.6 Å². The Bertz CT molecular complexity index is 554. The van der Waals surface area contributed by atoms with Crippen LogP contribution >= 0.6 is 0 Å². The maximum absolute atomic E-state index is 11.2. The molecule has 0 aliphatic heterocycles. The summed E-state index contributed by atoms with van der Waals surface area (Å²) in [4.78, 5) is 0. The Hall–Kier alpha value is -1.33. The fourth-order valence-electron chi connectivity index (χ4n) is 1.69. The third kappa shape index (κ3) is 4.16. The molecule has 0 saturated carbocycles. The Morgan fingerprint density at radius 3 is 2.39 bits per heavy atom. The molecule has 0 saturated heterocycles. The van der Waals surface area contributed by atoms with E-state index in [0.717, 1.165) is 11.8 Å². The molecule has 1 aromatic carbocycles. The molecule has 0 fully saturated rings. The summed E-state index contributed by atoms with van der Waals surface area (Å²) in [6, 6.07) is 5.10. The molecule has 5 heteroatoms. The van der Waals surface area contributed by atoms with Gasteiger partial charge in [-0.3, -0.25) is 4.72 Å². The highest BCUT2D eigenvalue weighted by Crippen LogP contribution is 2.28. The monoisotopic (exact) mass is 269 g/mol. The number of sulfonamides is 1. The molecule has 4 nitrogen and oxygen atoms in total. The number of hydrogen-bond acceptors (Lipinski definition) is 3. The van der Waals surface area contributed by atoms with Crippen LogP contribution in [0.4, 0.5) is 5.69 Å². The SMILES string of the molecule is CC=Cc1ccc(NS(C)(=O)=O)cc1C(C)(C)O. The summed E-state index contributed by atoms with van der Waals surface area (Å²) >= 11 is 0. The van der Waals surface area contributed by atoms with Crippen molar-refractivity contribution in [2.45, 2.75) is 26.4 Å². The molecule has 1 rings (SSSR count). The predicted octanol–water partition coefficient (Wildman–Crippen LogP) is 2.32. The van der Waals surface area contributed by atoms with E-state index in [0.29, 0.717) is 11.3 Å². The molecule has 0 unspecified atom stereocenters. The second-order valence-corrected chi connectivity index (χ2v) is 6.48. The molecule has 100 valence electrons. The molecule has 0 aliphatic carbocycles. The number of nitrogens with one attached hydrogen (secondary N) is 1. The van der Waals surface area contributed by atoms with Crippen LogP contribution in [-0.4, -0.2) is 19.8 Å². The average Bonchev–Trinajstić information content (AvgIpc) is 2.16. The first-order valence-electron chi connectivity index (χ1n) is 5.61. The third-order valence-electron chi connectivity index (χ3n) is 2.36. The van der Waals surface area contributed by atoms with E-state index >= 15 is 0 Å². The standard InChI is InChI=1S/C13H19NO3S/c1-5-6-10-7-8-11(14-18(4,16)17)9-12(10)13(2,3)15/h5-9,14-15H,1-4H3. The number of allylic oxidation sites excluding steroid dienone is 1. The van der Waals surface area contributed by atoms with Crippen molar-refractivity contribution in [2.75, 3.05) is 11.0 Å². The van der Waals surface area contributed by atoms with Crippen molar-refractivity contribution in [3.8, 4) is 0 Å². The van der Waals surface area contributed by atoms with Gasteiger partial charge in [-0.25, -0.2) is 8.42 Å². The minimum atomic E-state index is -3.31. The minimum absolute atomic E-state index is 0.447.